The summed E-state index contributed by atoms with van der Waals surface area (Å²) >= 11 is 0. The molecular weight excluding hydrogens is 488 g/mol. The van der Waals surface area contributed by atoms with E-state index in [9.17, 15) is 23.1 Å². The molecule has 2 aliphatic heterocycles. The number of rotatable bonds is 13. The van der Waals surface area contributed by atoms with Crippen LogP contribution in [-0.2, 0) is 24.4 Å². The molecule has 2 aliphatic rings. The Hall–Kier alpha value is -2.13. The van der Waals surface area contributed by atoms with Crippen molar-refractivity contribution in [2.45, 2.75) is 75.8 Å². The number of hydrogen-bond acceptors (Lipinski definition) is 9. The summed E-state index contributed by atoms with van der Waals surface area (Å²) in [6, 6.07) is 1.94. The number of aliphatic carboxylic acids is 1. The average Bonchev–Trinajstić information content (AvgIpc) is 3.47. The second-order valence-corrected chi connectivity index (χ2v) is 11.1. The highest BCUT2D eigenvalue weighted by Gasteiger charge is 2.33. The molecule has 0 spiro atoms. The molecule has 1 aromatic carbocycles. The van der Waals surface area contributed by atoms with Crippen LogP contribution in [0.5, 0.6) is 0 Å². The van der Waals surface area contributed by atoms with Crippen LogP contribution in [0.3, 0.4) is 0 Å². The van der Waals surface area contributed by atoms with E-state index in [1.54, 1.807) is 26.0 Å². The van der Waals surface area contributed by atoms with Crippen molar-refractivity contribution in [1.82, 2.24) is 31.5 Å². The van der Waals surface area contributed by atoms with Gasteiger partial charge in [-0.15, -0.1) is 0 Å². The van der Waals surface area contributed by atoms with Crippen LogP contribution in [-0.4, -0.2) is 76.1 Å². The molecule has 3 atom stereocenters. The van der Waals surface area contributed by atoms with Gasteiger partial charge in [-0.25, -0.2) is 8.42 Å². The number of hydroxylamine groups is 1. The fourth-order valence-electron chi connectivity index (χ4n) is 4.61. The first-order valence-electron chi connectivity index (χ1n) is 12.3. The van der Waals surface area contributed by atoms with Gasteiger partial charge in [-0.05, 0) is 51.3 Å². The van der Waals surface area contributed by atoms with E-state index in [1.807, 2.05) is 6.92 Å². The fraction of sp³-hybridized carbons (Fsp3) is 0.652. The Morgan fingerprint density at radius 2 is 1.81 bits per heavy atom. The molecule has 7 N–H and O–H groups in total. The van der Waals surface area contributed by atoms with Gasteiger partial charge in [0.25, 0.3) is 5.91 Å². The second-order valence-electron chi connectivity index (χ2n) is 9.43. The molecule has 0 aliphatic carbocycles. The molecule has 36 heavy (non-hydrogen) atoms. The Morgan fingerprint density at radius 1 is 1.14 bits per heavy atom. The number of unbranched alkanes of at least 4 members (excludes halogenated alkanes) is 1. The molecule has 0 radical (unpaired) electrons. The predicted molar refractivity (Wildman–Crippen MR) is 133 cm³/mol. The molecule has 0 saturated carbocycles. The third kappa shape index (κ3) is 7.93. The van der Waals surface area contributed by atoms with Crippen molar-refractivity contribution in [3.05, 3.63) is 28.8 Å². The fourth-order valence-corrected chi connectivity index (χ4v) is 6.26. The van der Waals surface area contributed by atoms with Crippen LogP contribution in [0, 0.1) is 20.8 Å². The molecule has 1 amide bonds. The summed E-state index contributed by atoms with van der Waals surface area (Å²) in [6.45, 7) is 7.55. The summed E-state index contributed by atoms with van der Waals surface area (Å²) in [5.74, 6) is -1.88. The van der Waals surface area contributed by atoms with E-state index in [4.69, 9.17) is 4.84 Å². The molecule has 0 aromatic heterocycles. The van der Waals surface area contributed by atoms with Crippen molar-refractivity contribution in [3.63, 3.8) is 0 Å². The van der Waals surface area contributed by atoms with E-state index < -0.39 is 40.6 Å². The third-order valence-electron chi connectivity index (χ3n) is 6.27. The highest BCUT2D eigenvalue weighted by atomic mass is 32.2. The second kappa shape index (κ2) is 12.9. The quantitative estimate of drug-likeness (QED) is 0.164. The molecule has 3 unspecified atom stereocenters. The van der Waals surface area contributed by atoms with Gasteiger partial charge >= 0.3 is 5.97 Å². The number of amides is 1. The van der Waals surface area contributed by atoms with Crippen molar-refractivity contribution in [3.8, 4) is 0 Å². The Bertz CT molecular complexity index is 1010. The van der Waals surface area contributed by atoms with E-state index in [2.05, 4.69) is 31.5 Å². The van der Waals surface area contributed by atoms with Gasteiger partial charge in [0, 0.05) is 32.1 Å². The zero-order valence-corrected chi connectivity index (χ0v) is 21.8. The molecule has 2 saturated heterocycles. The lowest BCUT2D eigenvalue weighted by Crippen LogP contribution is -2.50. The van der Waals surface area contributed by atoms with E-state index in [0.717, 1.165) is 44.5 Å². The van der Waals surface area contributed by atoms with Crippen LogP contribution in [0.2, 0.25) is 0 Å². The van der Waals surface area contributed by atoms with Crippen LogP contribution in [0.25, 0.3) is 0 Å². The van der Waals surface area contributed by atoms with E-state index >= 15 is 0 Å². The minimum Gasteiger partial charge on any atom is -0.480 e. The van der Waals surface area contributed by atoms with Gasteiger partial charge < -0.3 is 10.4 Å². The molecule has 202 valence electrons. The van der Waals surface area contributed by atoms with Gasteiger partial charge in [0.05, 0.1) is 4.90 Å². The first-order valence-corrected chi connectivity index (χ1v) is 13.8. The van der Waals surface area contributed by atoms with Gasteiger partial charge in [0.1, 0.15) is 12.3 Å². The van der Waals surface area contributed by atoms with Gasteiger partial charge in [-0.3, -0.25) is 30.4 Å². The number of carboxylic acids is 1. The largest absolute Gasteiger partial charge is 0.480 e. The third-order valence-corrected chi connectivity index (χ3v) is 8.04. The average molecular weight is 527 g/mol. The smallest absolute Gasteiger partial charge is 0.323 e. The maximum atomic E-state index is 12.9. The van der Waals surface area contributed by atoms with Crippen molar-refractivity contribution in [2.75, 3.05) is 26.2 Å². The lowest BCUT2D eigenvalue weighted by atomic mass is 10.0. The van der Waals surface area contributed by atoms with Gasteiger partial charge in [0.2, 0.25) is 10.0 Å². The monoisotopic (exact) mass is 526 g/mol. The van der Waals surface area contributed by atoms with Crippen molar-refractivity contribution >= 4 is 21.9 Å². The molecule has 3 rings (SSSR count). The Kier molecular flexibility index (Phi) is 10.2. The van der Waals surface area contributed by atoms with E-state index in [0.29, 0.717) is 17.5 Å². The van der Waals surface area contributed by atoms with Crippen molar-refractivity contribution < 1.29 is 28.0 Å². The zero-order valence-electron chi connectivity index (χ0n) is 21.0. The number of aryl methyl sites for hydroxylation is 3. The number of benzene rings is 1. The standard InChI is InChI=1S/C23H38N6O6S/c1-14-10-15(2)20(16(3)11-14)36(33,34)29-18(22(31)32)13-27-21(30)19-12-17(28-35-19)6-4-5-7-24-23-25-8-9-26-23/h10-11,17-19,23-26,28-29H,4-9,12-13H2,1-3H3,(H,27,30)(H,31,32). The van der Waals surface area contributed by atoms with Crippen molar-refractivity contribution in [1.29, 1.82) is 0 Å². The SMILES string of the molecule is Cc1cc(C)c(S(=O)(=O)NC(CNC(=O)C2CC(CCCCNC3NCCN3)NO2)C(=O)O)c(C)c1. The number of nitrogens with one attached hydrogen (secondary N) is 6. The Balaban J connectivity index is 1.44. The molecule has 2 fully saturated rings. The number of sulfonamides is 1. The van der Waals surface area contributed by atoms with Crippen LogP contribution >= 0.6 is 0 Å². The molecule has 1 aromatic rings. The highest BCUT2D eigenvalue weighted by molar-refractivity contribution is 7.89. The minimum atomic E-state index is -4.12. The molecular formula is C23H38N6O6S. The first kappa shape index (κ1) is 28.4. The van der Waals surface area contributed by atoms with Crippen molar-refractivity contribution in [2.24, 2.45) is 0 Å². The minimum absolute atomic E-state index is 0.0183. The number of carbonyl (C=O) groups excluding carboxylic acids is 1. The summed E-state index contributed by atoms with van der Waals surface area (Å²) in [5, 5.41) is 22.0. The number of carboxylic acid groups (broad SMARTS) is 1. The number of carbonyl (C=O) groups is 2. The Labute approximate surface area is 212 Å². The van der Waals surface area contributed by atoms with Crippen LogP contribution < -0.4 is 31.5 Å². The van der Waals surface area contributed by atoms with E-state index in [1.165, 1.54) is 0 Å². The van der Waals surface area contributed by atoms with Crippen LogP contribution in [0.15, 0.2) is 17.0 Å². The maximum Gasteiger partial charge on any atom is 0.323 e. The first-order chi connectivity index (χ1) is 17.1. The zero-order chi connectivity index (χ0) is 26.3. The highest BCUT2D eigenvalue weighted by Crippen LogP contribution is 2.22. The molecule has 0 bridgehead atoms. The molecule has 2 heterocycles. The molecule has 12 nitrogen and oxygen atoms in total. The summed E-state index contributed by atoms with van der Waals surface area (Å²) in [4.78, 5) is 29.7. The summed E-state index contributed by atoms with van der Waals surface area (Å²) in [7, 11) is -4.12. The lowest BCUT2D eigenvalue weighted by molar-refractivity contribution is -0.139. The number of hydrogen-bond donors (Lipinski definition) is 7. The van der Waals surface area contributed by atoms with Gasteiger partial charge in [-0.2, -0.15) is 10.2 Å². The summed E-state index contributed by atoms with van der Waals surface area (Å²) in [6.07, 6.45) is 2.62. The summed E-state index contributed by atoms with van der Waals surface area (Å²) in [5.41, 5.74) is 4.82. The topological polar surface area (TPSA) is 170 Å². The van der Waals surface area contributed by atoms with Crippen LogP contribution in [0.4, 0.5) is 0 Å². The predicted octanol–water partition coefficient (Wildman–Crippen LogP) is -0.642. The lowest BCUT2D eigenvalue weighted by Gasteiger charge is -2.19. The van der Waals surface area contributed by atoms with E-state index in [-0.39, 0.29) is 17.2 Å². The maximum absolute atomic E-state index is 12.9. The normalized spacial score (nSPS) is 21.5. The van der Waals surface area contributed by atoms with Gasteiger partial charge in [0.15, 0.2) is 6.10 Å². The Morgan fingerprint density at radius 3 is 2.44 bits per heavy atom. The van der Waals surface area contributed by atoms with Crippen LogP contribution in [0.1, 0.15) is 42.4 Å². The summed E-state index contributed by atoms with van der Waals surface area (Å²) < 4.78 is 28.1. The van der Waals surface area contributed by atoms with Gasteiger partial charge in [-0.1, -0.05) is 24.1 Å². The molecule has 13 heteroatoms.